The van der Waals surface area contributed by atoms with Crippen LogP contribution in [0.1, 0.15) is 31.2 Å². The summed E-state index contributed by atoms with van der Waals surface area (Å²) in [5.41, 5.74) is 6.92. The predicted molar refractivity (Wildman–Crippen MR) is 69.0 cm³/mol. The predicted octanol–water partition coefficient (Wildman–Crippen LogP) is 3.19. The molecule has 0 spiro atoms. The molecule has 94 valence electrons. The van der Waals surface area contributed by atoms with E-state index >= 15 is 0 Å². The molecule has 0 bridgehead atoms. The molecule has 1 atom stereocenters. The Bertz CT molecular complexity index is 533. The lowest BCUT2D eigenvalue weighted by atomic mass is 10.1. The zero-order chi connectivity index (χ0) is 12.5. The number of hydrogen-bond donors (Lipinski definition) is 1. The van der Waals surface area contributed by atoms with Gasteiger partial charge in [-0.1, -0.05) is 29.6 Å². The Labute approximate surface area is 110 Å². The van der Waals surface area contributed by atoms with E-state index in [1.807, 2.05) is 12.1 Å². The fourth-order valence-corrected chi connectivity index (χ4v) is 2.04. The standard InChI is InChI=1S/C13H14ClN3O/c14-10-5-3-9(4-6-10)12-16-13(18-17-12)11(15)7-8-1-2-8/h3-6,8,11H,1-2,7,15H2. The van der Waals surface area contributed by atoms with Crippen LogP contribution < -0.4 is 5.73 Å². The molecule has 2 aromatic rings. The SMILES string of the molecule is NC(CC1CC1)c1nc(-c2ccc(Cl)cc2)no1. The van der Waals surface area contributed by atoms with Gasteiger partial charge in [0.1, 0.15) is 0 Å². The summed E-state index contributed by atoms with van der Waals surface area (Å²) in [4.78, 5) is 4.35. The van der Waals surface area contributed by atoms with Gasteiger partial charge in [-0.15, -0.1) is 0 Å². The highest BCUT2D eigenvalue weighted by atomic mass is 35.5. The molecule has 3 rings (SSSR count). The van der Waals surface area contributed by atoms with E-state index in [0.29, 0.717) is 16.7 Å². The smallest absolute Gasteiger partial charge is 0.243 e. The van der Waals surface area contributed by atoms with Gasteiger partial charge >= 0.3 is 0 Å². The van der Waals surface area contributed by atoms with Crippen LogP contribution in [0, 0.1) is 5.92 Å². The molecule has 0 radical (unpaired) electrons. The molecule has 0 aliphatic heterocycles. The number of halogens is 1. The Balaban J connectivity index is 1.77. The minimum atomic E-state index is -0.147. The van der Waals surface area contributed by atoms with Crippen LogP contribution >= 0.6 is 11.6 Å². The number of benzene rings is 1. The molecule has 1 aliphatic carbocycles. The molecule has 1 heterocycles. The van der Waals surface area contributed by atoms with Gasteiger partial charge in [-0.25, -0.2) is 0 Å². The average Bonchev–Trinajstić information content (AvgIpc) is 3.04. The zero-order valence-electron chi connectivity index (χ0n) is 9.84. The number of nitrogens with zero attached hydrogens (tertiary/aromatic N) is 2. The van der Waals surface area contributed by atoms with Gasteiger partial charge in [0.15, 0.2) is 0 Å². The van der Waals surface area contributed by atoms with Crippen LogP contribution in [0.2, 0.25) is 5.02 Å². The highest BCUT2D eigenvalue weighted by Gasteiger charge is 2.27. The third kappa shape index (κ3) is 2.54. The second-order valence-corrected chi connectivity index (χ2v) is 5.19. The summed E-state index contributed by atoms with van der Waals surface area (Å²) < 4.78 is 5.22. The van der Waals surface area contributed by atoms with Crippen molar-refractivity contribution in [2.24, 2.45) is 11.7 Å². The van der Waals surface area contributed by atoms with Gasteiger partial charge < -0.3 is 10.3 Å². The van der Waals surface area contributed by atoms with E-state index in [9.17, 15) is 0 Å². The summed E-state index contributed by atoms with van der Waals surface area (Å²) in [5, 5.41) is 4.64. The van der Waals surface area contributed by atoms with Gasteiger partial charge in [-0.05, 0) is 36.6 Å². The van der Waals surface area contributed by atoms with Gasteiger partial charge in [-0.3, -0.25) is 0 Å². The molecule has 0 saturated heterocycles. The maximum absolute atomic E-state index is 6.03. The van der Waals surface area contributed by atoms with E-state index in [-0.39, 0.29) is 6.04 Å². The lowest BCUT2D eigenvalue weighted by Gasteiger charge is -2.03. The third-order valence-electron chi connectivity index (χ3n) is 3.15. The largest absolute Gasteiger partial charge is 0.337 e. The van der Waals surface area contributed by atoms with Crippen LogP contribution in [0.5, 0.6) is 0 Å². The van der Waals surface area contributed by atoms with Crippen molar-refractivity contribution in [3.8, 4) is 11.4 Å². The van der Waals surface area contributed by atoms with Crippen LogP contribution in [0.3, 0.4) is 0 Å². The maximum atomic E-state index is 6.03. The Morgan fingerprint density at radius 2 is 2.06 bits per heavy atom. The zero-order valence-corrected chi connectivity index (χ0v) is 10.6. The molecule has 5 heteroatoms. The first-order chi connectivity index (χ1) is 8.72. The number of hydrogen-bond acceptors (Lipinski definition) is 4. The first-order valence-electron chi connectivity index (χ1n) is 6.07. The molecule has 2 N–H and O–H groups in total. The molecule has 1 unspecified atom stereocenters. The van der Waals surface area contributed by atoms with Gasteiger partial charge in [0, 0.05) is 10.6 Å². The van der Waals surface area contributed by atoms with E-state index in [0.717, 1.165) is 17.9 Å². The van der Waals surface area contributed by atoms with Crippen LogP contribution in [-0.4, -0.2) is 10.1 Å². The summed E-state index contributed by atoms with van der Waals surface area (Å²) in [7, 11) is 0. The normalized spacial score (nSPS) is 16.8. The van der Waals surface area contributed by atoms with Gasteiger partial charge in [0.25, 0.3) is 0 Å². The lowest BCUT2D eigenvalue weighted by molar-refractivity contribution is 0.344. The number of rotatable bonds is 4. The third-order valence-corrected chi connectivity index (χ3v) is 3.40. The first-order valence-corrected chi connectivity index (χ1v) is 6.45. The van der Waals surface area contributed by atoms with E-state index in [2.05, 4.69) is 10.1 Å². The average molecular weight is 264 g/mol. The fraction of sp³-hybridized carbons (Fsp3) is 0.385. The van der Waals surface area contributed by atoms with Crippen LogP contribution in [0.15, 0.2) is 28.8 Å². The molecule has 18 heavy (non-hydrogen) atoms. The molecule has 1 aromatic carbocycles. The summed E-state index contributed by atoms with van der Waals surface area (Å²) in [5.74, 6) is 1.82. The van der Waals surface area contributed by atoms with E-state index in [1.165, 1.54) is 12.8 Å². The van der Waals surface area contributed by atoms with Crippen molar-refractivity contribution >= 4 is 11.6 Å². The molecule has 0 amide bonds. The molecular weight excluding hydrogens is 250 g/mol. The molecule has 1 fully saturated rings. The second kappa shape index (κ2) is 4.71. The van der Waals surface area contributed by atoms with Crippen LogP contribution in [-0.2, 0) is 0 Å². The molecule has 1 aliphatic rings. The van der Waals surface area contributed by atoms with Crippen molar-refractivity contribution in [1.82, 2.24) is 10.1 Å². The summed E-state index contributed by atoms with van der Waals surface area (Å²) >= 11 is 5.83. The monoisotopic (exact) mass is 263 g/mol. The van der Waals surface area contributed by atoms with Crippen LogP contribution in [0.25, 0.3) is 11.4 Å². The van der Waals surface area contributed by atoms with Crippen molar-refractivity contribution in [3.63, 3.8) is 0 Å². The molecule has 1 aromatic heterocycles. The molecule has 4 nitrogen and oxygen atoms in total. The van der Waals surface area contributed by atoms with Gasteiger partial charge in [0.2, 0.25) is 11.7 Å². The minimum absolute atomic E-state index is 0.147. The van der Waals surface area contributed by atoms with Crippen molar-refractivity contribution < 1.29 is 4.52 Å². The fourth-order valence-electron chi connectivity index (χ4n) is 1.92. The van der Waals surface area contributed by atoms with Crippen molar-refractivity contribution in [3.05, 3.63) is 35.2 Å². The summed E-state index contributed by atoms with van der Waals surface area (Å²) in [6.07, 6.45) is 3.47. The Morgan fingerprint density at radius 3 is 2.72 bits per heavy atom. The second-order valence-electron chi connectivity index (χ2n) is 4.75. The quantitative estimate of drug-likeness (QED) is 0.920. The number of nitrogens with two attached hydrogens (primary N) is 1. The Kier molecular flexibility index (Phi) is 3.06. The van der Waals surface area contributed by atoms with E-state index in [4.69, 9.17) is 21.9 Å². The highest BCUT2D eigenvalue weighted by Crippen LogP contribution is 2.36. The van der Waals surface area contributed by atoms with E-state index in [1.54, 1.807) is 12.1 Å². The summed E-state index contributed by atoms with van der Waals surface area (Å²) in [6.45, 7) is 0. The van der Waals surface area contributed by atoms with Crippen LogP contribution in [0.4, 0.5) is 0 Å². The van der Waals surface area contributed by atoms with E-state index < -0.39 is 0 Å². The molecular formula is C13H14ClN3O. The Hall–Kier alpha value is -1.39. The minimum Gasteiger partial charge on any atom is -0.337 e. The lowest BCUT2D eigenvalue weighted by Crippen LogP contribution is -2.11. The Morgan fingerprint density at radius 1 is 1.33 bits per heavy atom. The van der Waals surface area contributed by atoms with Crippen molar-refractivity contribution in [1.29, 1.82) is 0 Å². The van der Waals surface area contributed by atoms with Crippen molar-refractivity contribution in [2.45, 2.75) is 25.3 Å². The van der Waals surface area contributed by atoms with Gasteiger partial charge in [-0.2, -0.15) is 4.98 Å². The highest BCUT2D eigenvalue weighted by molar-refractivity contribution is 6.30. The maximum Gasteiger partial charge on any atom is 0.243 e. The summed E-state index contributed by atoms with van der Waals surface area (Å²) in [6, 6.07) is 7.19. The van der Waals surface area contributed by atoms with Crippen molar-refractivity contribution in [2.75, 3.05) is 0 Å². The molecule has 1 saturated carbocycles. The number of aromatic nitrogens is 2. The van der Waals surface area contributed by atoms with Gasteiger partial charge in [0.05, 0.1) is 6.04 Å². The topological polar surface area (TPSA) is 64.9 Å². The first kappa shape index (κ1) is 11.7.